The molecule has 1 N–H and O–H groups in total. The lowest BCUT2D eigenvalue weighted by Crippen LogP contribution is -2.19. The van der Waals surface area contributed by atoms with E-state index in [-0.39, 0.29) is 10.6 Å². The molecule has 3 rings (SSSR count). The summed E-state index contributed by atoms with van der Waals surface area (Å²) in [5, 5.41) is 3.94. The largest absolute Gasteiger partial charge is 0.495 e. The molecule has 3 aromatic carbocycles. The molecule has 0 unspecified atom stereocenters. The Morgan fingerprint density at radius 1 is 1.00 bits per heavy atom. The summed E-state index contributed by atoms with van der Waals surface area (Å²) >= 11 is 0. The van der Waals surface area contributed by atoms with Crippen LogP contribution in [0.2, 0.25) is 0 Å². The smallest absolute Gasteiger partial charge is 0.280 e. The van der Waals surface area contributed by atoms with Gasteiger partial charge in [0.1, 0.15) is 23.0 Å². The SMILES string of the molecule is COc1ccc(C)cc1S(=O)(=O)N/N=C/c1ccccc1COc1ccccc1. The van der Waals surface area contributed by atoms with E-state index in [1.165, 1.54) is 13.3 Å². The quantitative estimate of drug-likeness (QED) is 0.451. The topological polar surface area (TPSA) is 77.0 Å². The van der Waals surface area contributed by atoms with Crippen LogP contribution < -0.4 is 14.3 Å². The van der Waals surface area contributed by atoms with Gasteiger partial charge in [-0.15, -0.1) is 0 Å². The molecule has 6 nitrogen and oxygen atoms in total. The highest BCUT2D eigenvalue weighted by molar-refractivity contribution is 7.89. The molecule has 150 valence electrons. The van der Waals surface area contributed by atoms with Crippen LogP contribution >= 0.6 is 0 Å². The molecular formula is C22H22N2O4S. The summed E-state index contributed by atoms with van der Waals surface area (Å²) in [6.07, 6.45) is 1.46. The van der Waals surface area contributed by atoms with Crippen molar-refractivity contribution in [3.05, 3.63) is 89.5 Å². The normalized spacial score (nSPS) is 11.4. The number of aryl methyl sites for hydroxylation is 1. The molecule has 0 atom stereocenters. The van der Waals surface area contributed by atoms with Crippen molar-refractivity contribution in [1.82, 2.24) is 4.83 Å². The first-order valence-electron chi connectivity index (χ1n) is 8.95. The van der Waals surface area contributed by atoms with Gasteiger partial charge in [0.25, 0.3) is 10.0 Å². The zero-order valence-electron chi connectivity index (χ0n) is 16.2. The number of hydrogen-bond donors (Lipinski definition) is 1. The summed E-state index contributed by atoms with van der Waals surface area (Å²) in [6, 6.07) is 21.9. The first-order valence-corrected chi connectivity index (χ1v) is 10.4. The van der Waals surface area contributed by atoms with Crippen molar-refractivity contribution in [3.8, 4) is 11.5 Å². The number of ether oxygens (including phenoxy) is 2. The van der Waals surface area contributed by atoms with Crippen molar-refractivity contribution in [1.29, 1.82) is 0 Å². The zero-order chi connectivity index (χ0) is 20.7. The Morgan fingerprint density at radius 2 is 1.72 bits per heavy atom. The molecule has 0 spiro atoms. The molecule has 3 aromatic rings. The van der Waals surface area contributed by atoms with E-state index < -0.39 is 10.0 Å². The van der Waals surface area contributed by atoms with Gasteiger partial charge in [-0.25, -0.2) is 0 Å². The molecule has 0 heterocycles. The average molecular weight is 410 g/mol. The minimum atomic E-state index is -3.87. The van der Waals surface area contributed by atoms with Gasteiger partial charge in [0, 0.05) is 5.56 Å². The van der Waals surface area contributed by atoms with E-state index in [0.717, 1.165) is 22.4 Å². The fraction of sp³-hybridized carbons (Fsp3) is 0.136. The second-order valence-electron chi connectivity index (χ2n) is 6.31. The number of sulfonamides is 1. The number of benzene rings is 3. The van der Waals surface area contributed by atoms with Crippen LogP contribution in [0.3, 0.4) is 0 Å². The maximum atomic E-state index is 12.6. The lowest BCUT2D eigenvalue weighted by molar-refractivity contribution is 0.306. The Kier molecular flexibility index (Phi) is 6.51. The van der Waals surface area contributed by atoms with Crippen molar-refractivity contribution in [2.75, 3.05) is 7.11 Å². The van der Waals surface area contributed by atoms with Gasteiger partial charge in [-0.3, -0.25) is 0 Å². The maximum Gasteiger partial charge on any atom is 0.280 e. The summed E-state index contributed by atoms with van der Waals surface area (Å²) in [5.41, 5.74) is 2.44. The Morgan fingerprint density at radius 3 is 2.48 bits per heavy atom. The highest BCUT2D eigenvalue weighted by atomic mass is 32.2. The molecule has 29 heavy (non-hydrogen) atoms. The van der Waals surface area contributed by atoms with Crippen molar-refractivity contribution >= 4 is 16.2 Å². The summed E-state index contributed by atoms with van der Waals surface area (Å²) in [5.74, 6) is 1.02. The predicted molar refractivity (Wildman–Crippen MR) is 113 cm³/mol. The van der Waals surface area contributed by atoms with Crippen LogP contribution in [0.5, 0.6) is 11.5 Å². The van der Waals surface area contributed by atoms with Gasteiger partial charge in [-0.1, -0.05) is 48.5 Å². The minimum Gasteiger partial charge on any atom is -0.495 e. The number of rotatable bonds is 8. The van der Waals surface area contributed by atoms with E-state index >= 15 is 0 Å². The second kappa shape index (κ2) is 9.25. The molecule has 0 saturated carbocycles. The first kappa shape index (κ1) is 20.4. The number of hydrazone groups is 1. The van der Waals surface area contributed by atoms with Gasteiger partial charge >= 0.3 is 0 Å². The molecule has 0 saturated heterocycles. The monoisotopic (exact) mass is 410 g/mol. The molecule has 0 bridgehead atoms. The van der Waals surface area contributed by atoms with Crippen molar-refractivity contribution in [3.63, 3.8) is 0 Å². The van der Waals surface area contributed by atoms with Crippen LogP contribution in [0.15, 0.2) is 82.8 Å². The van der Waals surface area contributed by atoms with Crippen LogP contribution in [0.4, 0.5) is 0 Å². The molecule has 0 aliphatic rings. The summed E-state index contributed by atoms with van der Waals surface area (Å²) in [4.78, 5) is 2.29. The number of methoxy groups -OCH3 is 1. The zero-order valence-corrected chi connectivity index (χ0v) is 17.0. The fourth-order valence-electron chi connectivity index (χ4n) is 2.68. The number of nitrogens with one attached hydrogen (secondary N) is 1. The van der Waals surface area contributed by atoms with Gasteiger partial charge < -0.3 is 9.47 Å². The van der Waals surface area contributed by atoms with E-state index in [0.29, 0.717) is 6.61 Å². The van der Waals surface area contributed by atoms with E-state index in [2.05, 4.69) is 9.93 Å². The van der Waals surface area contributed by atoms with E-state index in [9.17, 15) is 8.42 Å². The molecule has 0 aromatic heterocycles. The van der Waals surface area contributed by atoms with Crippen LogP contribution in [-0.2, 0) is 16.6 Å². The third-order valence-electron chi connectivity index (χ3n) is 4.18. The highest BCUT2D eigenvalue weighted by Crippen LogP contribution is 2.24. The highest BCUT2D eigenvalue weighted by Gasteiger charge is 2.19. The molecule has 0 radical (unpaired) electrons. The Labute approximate surface area is 170 Å². The molecule has 0 amide bonds. The van der Waals surface area contributed by atoms with Gasteiger partial charge in [0.2, 0.25) is 0 Å². The van der Waals surface area contributed by atoms with Gasteiger partial charge in [-0.2, -0.15) is 18.4 Å². The maximum absolute atomic E-state index is 12.6. The Bertz CT molecular complexity index is 1100. The van der Waals surface area contributed by atoms with E-state index in [1.54, 1.807) is 18.2 Å². The minimum absolute atomic E-state index is 0.0397. The van der Waals surface area contributed by atoms with Gasteiger partial charge in [0.15, 0.2) is 0 Å². The van der Waals surface area contributed by atoms with Crippen LogP contribution in [-0.4, -0.2) is 21.7 Å². The van der Waals surface area contributed by atoms with Crippen LogP contribution in [0.1, 0.15) is 16.7 Å². The molecular weight excluding hydrogens is 388 g/mol. The lowest BCUT2D eigenvalue weighted by atomic mass is 10.1. The third-order valence-corrected chi connectivity index (χ3v) is 5.42. The molecule has 7 heteroatoms. The second-order valence-corrected chi connectivity index (χ2v) is 7.94. The Hall–Kier alpha value is -3.32. The van der Waals surface area contributed by atoms with Gasteiger partial charge in [0.05, 0.1) is 13.3 Å². The van der Waals surface area contributed by atoms with Crippen molar-refractivity contribution < 1.29 is 17.9 Å². The van der Waals surface area contributed by atoms with E-state index in [4.69, 9.17) is 9.47 Å². The number of para-hydroxylation sites is 1. The summed E-state index contributed by atoms with van der Waals surface area (Å²) in [6.45, 7) is 2.15. The van der Waals surface area contributed by atoms with Crippen LogP contribution in [0, 0.1) is 6.92 Å². The lowest BCUT2D eigenvalue weighted by Gasteiger charge is -2.10. The van der Waals surface area contributed by atoms with Gasteiger partial charge in [-0.05, 0) is 42.3 Å². The molecule has 0 fully saturated rings. The standard InChI is InChI=1S/C22H22N2O4S/c1-17-12-13-21(27-2)22(14-17)29(25,26)24-23-15-18-8-6-7-9-19(18)16-28-20-10-4-3-5-11-20/h3-15,24H,16H2,1-2H3/b23-15+. The number of nitrogens with zero attached hydrogens (tertiary/aromatic N) is 1. The summed E-state index contributed by atoms with van der Waals surface area (Å²) < 4.78 is 36.2. The summed E-state index contributed by atoms with van der Waals surface area (Å²) in [7, 11) is -2.44. The van der Waals surface area contributed by atoms with Crippen molar-refractivity contribution in [2.45, 2.75) is 18.4 Å². The first-order chi connectivity index (χ1) is 14.0. The Balaban J connectivity index is 1.74. The fourth-order valence-corrected chi connectivity index (χ4v) is 3.72. The van der Waals surface area contributed by atoms with E-state index in [1.807, 2.05) is 61.5 Å². The molecule has 0 aliphatic heterocycles. The van der Waals surface area contributed by atoms with Crippen molar-refractivity contribution in [2.24, 2.45) is 5.10 Å². The number of hydrogen-bond acceptors (Lipinski definition) is 5. The predicted octanol–water partition coefficient (Wildman–Crippen LogP) is 3.90. The average Bonchev–Trinajstić information content (AvgIpc) is 2.73. The third kappa shape index (κ3) is 5.36. The molecule has 0 aliphatic carbocycles. The van der Waals surface area contributed by atoms with Crippen LogP contribution in [0.25, 0.3) is 0 Å².